The summed E-state index contributed by atoms with van der Waals surface area (Å²) < 4.78 is 30.3. The van der Waals surface area contributed by atoms with E-state index in [1.54, 1.807) is 32.0 Å². The minimum atomic E-state index is -1.25. The van der Waals surface area contributed by atoms with E-state index in [-0.39, 0.29) is 25.8 Å². The molecule has 4 rings (SSSR count). The molecule has 2 aromatic carbocycles. The van der Waals surface area contributed by atoms with Crippen molar-refractivity contribution in [3.63, 3.8) is 0 Å². The summed E-state index contributed by atoms with van der Waals surface area (Å²) in [5.41, 5.74) is -0.410. The molecule has 32 heavy (non-hydrogen) atoms. The molecule has 3 aromatic rings. The van der Waals surface area contributed by atoms with Gasteiger partial charge >= 0.3 is 0 Å². The van der Waals surface area contributed by atoms with Crippen LogP contribution in [0.4, 0.5) is 4.39 Å². The minimum Gasteiger partial charge on any atom is -0.492 e. The highest BCUT2D eigenvalue weighted by Crippen LogP contribution is 2.35. The molecule has 1 aliphatic heterocycles. The van der Waals surface area contributed by atoms with Gasteiger partial charge in [0.05, 0.1) is 12.2 Å². The predicted octanol–water partition coefficient (Wildman–Crippen LogP) is 2.71. The molecule has 0 aliphatic carbocycles. The van der Waals surface area contributed by atoms with Crippen molar-refractivity contribution in [2.75, 3.05) is 19.9 Å². The number of rotatable bonds is 7. The molecule has 0 saturated carbocycles. The van der Waals surface area contributed by atoms with Crippen molar-refractivity contribution in [1.82, 2.24) is 15.1 Å². The number of nitrogens with one attached hydrogen (secondary N) is 1. The molecule has 1 aromatic heterocycles. The quantitative estimate of drug-likeness (QED) is 0.569. The standard InChI is InChI=1S/C23H22FN3O5/c1-23(2,22(29)25-11-12-30-17-6-4-16(24)5-7-17)27-21(28)10-8-18(26-27)15-3-9-19-20(13-15)32-14-31-19/h3-10,13H,11-12,14H2,1-2H3,(H,25,29). The Morgan fingerprint density at radius 3 is 2.66 bits per heavy atom. The minimum absolute atomic E-state index is 0.157. The van der Waals surface area contributed by atoms with Crippen LogP contribution in [0.3, 0.4) is 0 Å². The number of halogens is 1. The topological polar surface area (TPSA) is 91.7 Å². The van der Waals surface area contributed by atoms with Gasteiger partial charge in [-0.3, -0.25) is 9.59 Å². The number of ether oxygens (including phenoxy) is 3. The molecule has 9 heteroatoms. The fourth-order valence-electron chi connectivity index (χ4n) is 3.20. The first-order valence-corrected chi connectivity index (χ1v) is 10.0. The van der Waals surface area contributed by atoms with E-state index in [4.69, 9.17) is 14.2 Å². The zero-order valence-electron chi connectivity index (χ0n) is 17.6. The Morgan fingerprint density at radius 1 is 1.12 bits per heavy atom. The van der Waals surface area contributed by atoms with Crippen LogP contribution in [0, 0.1) is 5.82 Å². The summed E-state index contributed by atoms with van der Waals surface area (Å²) in [5, 5.41) is 7.17. The molecule has 0 unspecified atom stereocenters. The first-order valence-electron chi connectivity index (χ1n) is 10.0. The van der Waals surface area contributed by atoms with E-state index in [0.717, 1.165) is 10.2 Å². The smallest absolute Gasteiger partial charge is 0.267 e. The zero-order chi connectivity index (χ0) is 22.7. The third-order valence-corrected chi connectivity index (χ3v) is 5.02. The molecule has 0 spiro atoms. The van der Waals surface area contributed by atoms with Crippen molar-refractivity contribution in [3.05, 3.63) is 70.8 Å². The lowest BCUT2D eigenvalue weighted by Gasteiger charge is -2.25. The first-order chi connectivity index (χ1) is 15.3. The fraction of sp³-hybridized carbons (Fsp3) is 0.261. The molecule has 1 N–H and O–H groups in total. The number of nitrogens with zero attached hydrogens (tertiary/aromatic N) is 2. The predicted molar refractivity (Wildman–Crippen MR) is 114 cm³/mol. The largest absolute Gasteiger partial charge is 0.492 e. The van der Waals surface area contributed by atoms with Gasteiger partial charge in [-0.15, -0.1) is 0 Å². The lowest BCUT2D eigenvalue weighted by Crippen LogP contribution is -2.50. The highest BCUT2D eigenvalue weighted by Gasteiger charge is 2.32. The summed E-state index contributed by atoms with van der Waals surface area (Å²) in [4.78, 5) is 25.3. The third kappa shape index (κ3) is 4.41. The molecule has 1 amide bonds. The lowest BCUT2D eigenvalue weighted by atomic mass is 10.0. The van der Waals surface area contributed by atoms with E-state index in [1.165, 1.54) is 30.3 Å². The van der Waals surface area contributed by atoms with Gasteiger partial charge in [0.15, 0.2) is 11.5 Å². The van der Waals surface area contributed by atoms with Gasteiger partial charge in [0.1, 0.15) is 23.7 Å². The van der Waals surface area contributed by atoms with Crippen LogP contribution < -0.4 is 25.1 Å². The first kappa shape index (κ1) is 21.4. The SMILES string of the molecule is CC(C)(C(=O)NCCOc1ccc(F)cc1)n1nc(-c2ccc3c(c2)OCO3)ccc1=O. The molecule has 0 saturated heterocycles. The molecule has 166 valence electrons. The molecule has 2 heterocycles. The highest BCUT2D eigenvalue weighted by molar-refractivity contribution is 5.83. The second-order valence-electron chi connectivity index (χ2n) is 7.65. The van der Waals surface area contributed by atoms with E-state index in [9.17, 15) is 14.0 Å². The second-order valence-corrected chi connectivity index (χ2v) is 7.65. The van der Waals surface area contributed by atoms with Gasteiger partial charge in [-0.2, -0.15) is 5.10 Å². The van der Waals surface area contributed by atoms with Crippen molar-refractivity contribution in [3.8, 4) is 28.5 Å². The number of amides is 1. The zero-order valence-corrected chi connectivity index (χ0v) is 17.6. The van der Waals surface area contributed by atoms with Gasteiger partial charge in [0, 0.05) is 11.6 Å². The average Bonchev–Trinajstić information content (AvgIpc) is 3.26. The van der Waals surface area contributed by atoms with E-state index >= 15 is 0 Å². The van der Waals surface area contributed by atoms with Gasteiger partial charge in [0.25, 0.3) is 5.56 Å². The molecule has 8 nitrogen and oxygen atoms in total. The Kier molecular flexibility index (Phi) is 5.81. The van der Waals surface area contributed by atoms with Crippen molar-refractivity contribution in [2.24, 2.45) is 0 Å². The van der Waals surface area contributed by atoms with Crippen LogP contribution in [0.15, 0.2) is 59.4 Å². The number of hydrogen-bond donors (Lipinski definition) is 1. The molecule has 1 aliphatic rings. The van der Waals surface area contributed by atoms with Crippen LogP contribution in [0.1, 0.15) is 13.8 Å². The monoisotopic (exact) mass is 439 g/mol. The number of carbonyl (C=O) groups is 1. The molecular formula is C23H22FN3O5. The van der Waals surface area contributed by atoms with Crippen LogP contribution >= 0.6 is 0 Å². The highest BCUT2D eigenvalue weighted by atomic mass is 19.1. The average molecular weight is 439 g/mol. The molecule has 0 fully saturated rings. The maximum atomic E-state index is 12.9. The maximum Gasteiger partial charge on any atom is 0.267 e. The Labute approximate surface area is 183 Å². The van der Waals surface area contributed by atoms with Crippen LogP contribution in [0.5, 0.6) is 17.2 Å². The van der Waals surface area contributed by atoms with Gasteiger partial charge in [-0.05, 0) is 62.4 Å². The Balaban J connectivity index is 1.45. The van der Waals surface area contributed by atoms with Crippen molar-refractivity contribution in [1.29, 1.82) is 0 Å². The summed E-state index contributed by atoms with van der Waals surface area (Å²) in [6.45, 7) is 3.77. The van der Waals surface area contributed by atoms with Gasteiger partial charge < -0.3 is 19.5 Å². The van der Waals surface area contributed by atoms with Crippen LogP contribution in [0.25, 0.3) is 11.3 Å². The second kappa shape index (κ2) is 8.70. The molecule has 0 bridgehead atoms. The summed E-state index contributed by atoms with van der Waals surface area (Å²) in [6, 6.07) is 13.9. The van der Waals surface area contributed by atoms with Crippen LogP contribution in [-0.2, 0) is 10.3 Å². The molecule has 0 radical (unpaired) electrons. The molecular weight excluding hydrogens is 417 g/mol. The lowest BCUT2D eigenvalue weighted by molar-refractivity contribution is -0.129. The van der Waals surface area contributed by atoms with E-state index in [2.05, 4.69) is 10.4 Å². The van der Waals surface area contributed by atoms with Gasteiger partial charge in [0.2, 0.25) is 12.7 Å². The number of benzene rings is 2. The van der Waals surface area contributed by atoms with Gasteiger partial charge in [-0.25, -0.2) is 9.07 Å². The Hall–Kier alpha value is -3.88. The summed E-state index contributed by atoms with van der Waals surface area (Å²) in [5.74, 6) is 0.991. The van der Waals surface area contributed by atoms with Crippen molar-refractivity contribution >= 4 is 5.91 Å². The number of aromatic nitrogens is 2. The summed E-state index contributed by atoms with van der Waals surface area (Å²) in [7, 11) is 0. The third-order valence-electron chi connectivity index (χ3n) is 5.02. The Morgan fingerprint density at radius 2 is 1.88 bits per heavy atom. The van der Waals surface area contributed by atoms with Crippen molar-refractivity contribution < 1.29 is 23.4 Å². The Bertz CT molecular complexity index is 1190. The van der Waals surface area contributed by atoms with E-state index in [1.807, 2.05) is 6.07 Å². The summed E-state index contributed by atoms with van der Waals surface area (Å²) in [6.07, 6.45) is 0. The van der Waals surface area contributed by atoms with Crippen molar-refractivity contribution in [2.45, 2.75) is 19.4 Å². The normalized spacial score (nSPS) is 12.5. The number of fused-ring (bicyclic) bond motifs is 1. The van der Waals surface area contributed by atoms with Crippen LogP contribution in [-0.4, -0.2) is 35.6 Å². The van der Waals surface area contributed by atoms with E-state index < -0.39 is 17.0 Å². The van der Waals surface area contributed by atoms with Crippen LogP contribution in [0.2, 0.25) is 0 Å². The fourth-order valence-corrected chi connectivity index (χ4v) is 3.20. The number of hydrogen-bond acceptors (Lipinski definition) is 6. The molecule has 0 atom stereocenters. The van der Waals surface area contributed by atoms with E-state index in [0.29, 0.717) is 22.9 Å². The summed E-state index contributed by atoms with van der Waals surface area (Å²) >= 11 is 0. The van der Waals surface area contributed by atoms with Gasteiger partial charge in [-0.1, -0.05) is 0 Å². The maximum absolute atomic E-state index is 12.9. The number of carbonyl (C=O) groups excluding carboxylic acids is 1.